The van der Waals surface area contributed by atoms with Crippen molar-refractivity contribution in [3.63, 3.8) is 0 Å². The average Bonchev–Trinajstić information content (AvgIpc) is 3.28. The van der Waals surface area contributed by atoms with Gasteiger partial charge in [0.25, 0.3) is 0 Å². The van der Waals surface area contributed by atoms with E-state index in [2.05, 4.69) is 34.9 Å². The van der Waals surface area contributed by atoms with Gasteiger partial charge in [-0.25, -0.2) is 9.97 Å². The summed E-state index contributed by atoms with van der Waals surface area (Å²) in [6, 6.07) is 16.4. The van der Waals surface area contributed by atoms with Crippen molar-refractivity contribution in [2.45, 2.75) is 65.5 Å². The van der Waals surface area contributed by atoms with Crippen LogP contribution in [-0.2, 0) is 16.1 Å². The first kappa shape index (κ1) is 25.2. The van der Waals surface area contributed by atoms with E-state index in [4.69, 9.17) is 26.2 Å². The fourth-order valence-corrected chi connectivity index (χ4v) is 6.05. The Kier molecular flexibility index (Phi) is 6.90. The molecule has 7 nitrogen and oxygen atoms in total. The number of carbonyl (C=O) groups excluding carboxylic acids is 1. The Balaban J connectivity index is 1.81. The van der Waals surface area contributed by atoms with Crippen LogP contribution in [0.25, 0.3) is 33.1 Å². The van der Waals surface area contributed by atoms with E-state index in [1.54, 1.807) is 0 Å². The maximum absolute atomic E-state index is 12.9. The maximum atomic E-state index is 12.9. The summed E-state index contributed by atoms with van der Waals surface area (Å²) < 4.78 is 8.10. The van der Waals surface area contributed by atoms with Crippen LogP contribution in [0.2, 0.25) is 0 Å². The second-order valence-electron chi connectivity index (χ2n) is 10.8. The number of nitrogens with two attached hydrogens (primary N) is 2. The second kappa shape index (κ2) is 10.1. The number of benzene rings is 2. The van der Waals surface area contributed by atoms with Crippen LogP contribution in [0, 0.1) is 11.3 Å². The van der Waals surface area contributed by atoms with Crippen molar-refractivity contribution in [2.75, 3.05) is 12.3 Å². The zero-order valence-corrected chi connectivity index (χ0v) is 22.0. The van der Waals surface area contributed by atoms with Gasteiger partial charge in [0.05, 0.1) is 22.5 Å². The highest BCUT2D eigenvalue weighted by atomic mass is 16.5. The third-order valence-electron chi connectivity index (χ3n) is 8.01. The molecule has 2 aromatic heterocycles. The van der Waals surface area contributed by atoms with E-state index >= 15 is 0 Å². The van der Waals surface area contributed by atoms with Crippen molar-refractivity contribution in [2.24, 2.45) is 17.1 Å². The predicted octanol–water partition coefficient (Wildman–Crippen LogP) is 6.00. The molecule has 2 heterocycles. The molecule has 1 atom stereocenters. The summed E-state index contributed by atoms with van der Waals surface area (Å²) in [5.41, 5.74) is 16.4. The van der Waals surface area contributed by atoms with Gasteiger partial charge >= 0.3 is 0 Å². The number of imidazole rings is 1. The summed E-state index contributed by atoms with van der Waals surface area (Å²) in [5, 5.41) is 0.959. The molecule has 1 fully saturated rings. The van der Waals surface area contributed by atoms with E-state index in [9.17, 15) is 4.79 Å². The summed E-state index contributed by atoms with van der Waals surface area (Å²) in [5.74, 6) is 1.12. The number of hydrogen-bond acceptors (Lipinski definition) is 5. The van der Waals surface area contributed by atoms with Gasteiger partial charge in [0.15, 0.2) is 5.82 Å². The van der Waals surface area contributed by atoms with E-state index in [1.807, 2.05) is 39.0 Å². The molecule has 1 unspecified atom stereocenters. The van der Waals surface area contributed by atoms with Gasteiger partial charge < -0.3 is 20.8 Å². The molecule has 1 saturated carbocycles. The van der Waals surface area contributed by atoms with Crippen molar-refractivity contribution >= 4 is 33.7 Å². The van der Waals surface area contributed by atoms with Gasteiger partial charge in [0.1, 0.15) is 17.9 Å². The Bertz CT molecular complexity index is 1420. The van der Waals surface area contributed by atoms with Crippen LogP contribution in [0.3, 0.4) is 0 Å². The highest BCUT2D eigenvalue weighted by Crippen LogP contribution is 2.47. The summed E-state index contributed by atoms with van der Waals surface area (Å²) in [7, 11) is 0. The SMILES string of the molecule is CCOCc1nc2c(N)nc3cc(-c4ccccc4)ccc3c2n1C(C1CCCCC1)C(C)(C)C(N)=O. The zero-order chi connectivity index (χ0) is 26.2. The molecule has 1 aliphatic rings. The van der Waals surface area contributed by atoms with Gasteiger partial charge in [-0.3, -0.25) is 4.79 Å². The fourth-order valence-electron chi connectivity index (χ4n) is 6.05. The molecule has 0 bridgehead atoms. The van der Waals surface area contributed by atoms with E-state index in [1.165, 1.54) is 6.42 Å². The normalized spacial score (nSPS) is 15.9. The van der Waals surface area contributed by atoms with Gasteiger partial charge in [-0.05, 0) is 56.7 Å². The quantitative estimate of drug-likeness (QED) is 0.309. The Labute approximate surface area is 218 Å². The third-order valence-corrected chi connectivity index (χ3v) is 8.01. The maximum Gasteiger partial charge on any atom is 0.225 e. The molecule has 194 valence electrons. The third kappa shape index (κ3) is 4.57. The van der Waals surface area contributed by atoms with Crippen molar-refractivity contribution in [3.8, 4) is 11.1 Å². The lowest BCUT2D eigenvalue weighted by atomic mass is 9.71. The number of amides is 1. The number of nitrogens with zero attached hydrogens (tertiary/aromatic N) is 3. The summed E-state index contributed by atoms with van der Waals surface area (Å²) >= 11 is 0. The van der Waals surface area contributed by atoms with Crippen LogP contribution in [0.15, 0.2) is 48.5 Å². The highest BCUT2D eigenvalue weighted by Gasteiger charge is 2.43. The minimum atomic E-state index is -0.801. The number of primary amides is 1. The molecule has 2 aromatic carbocycles. The largest absolute Gasteiger partial charge is 0.382 e. The Morgan fingerprint density at radius 2 is 1.81 bits per heavy atom. The number of carbonyl (C=O) groups is 1. The van der Waals surface area contributed by atoms with Gasteiger partial charge in [0.2, 0.25) is 5.91 Å². The van der Waals surface area contributed by atoms with E-state index < -0.39 is 5.41 Å². The molecule has 1 aliphatic carbocycles. The Morgan fingerprint density at radius 3 is 2.49 bits per heavy atom. The number of anilines is 1. The number of aromatic nitrogens is 3. The lowest BCUT2D eigenvalue weighted by Crippen LogP contribution is -2.44. The number of hydrogen-bond donors (Lipinski definition) is 2. The van der Waals surface area contributed by atoms with Gasteiger partial charge in [-0.2, -0.15) is 0 Å². The van der Waals surface area contributed by atoms with Crippen LogP contribution < -0.4 is 11.5 Å². The lowest BCUT2D eigenvalue weighted by Gasteiger charge is -2.41. The van der Waals surface area contributed by atoms with E-state index in [-0.39, 0.29) is 11.9 Å². The first-order valence-electron chi connectivity index (χ1n) is 13.4. The Hall–Kier alpha value is -3.45. The molecule has 4 N–H and O–H groups in total. The zero-order valence-electron chi connectivity index (χ0n) is 22.0. The molecule has 0 aliphatic heterocycles. The van der Waals surface area contributed by atoms with Crippen molar-refractivity contribution in [3.05, 3.63) is 54.4 Å². The standard InChI is InChI=1S/C30H37N5O2/c1-4-37-18-24-34-25-26(35(24)27(30(2,3)29(32)36)20-13-9-6-10-14-20)22-16-15-21(17-23(22)33-28(25)31)19-11-7-5-8-12-19/h5,7-8,11-12,15-17,20,27H,4,6,9-10,13-14,18H2,1-3H3,(H2,31,33)(H2,32,36). The number of rotatable bonds is 8. The molecule has 37 heavy (non-hydrogen) atoms. The van der Waals surface area contributed by atoms with Crippen molar-refractivity contribution in [1.82, 2.24) is 14.5 Å². The fraction of sp³-hybridized carbons (Fsp3) is 0.433. The molecule has 7 heteroatoms. The second-order valence-corrected chi connectivity index (χ2v) is 10.8. The molecule has 1 amide bonds. The first-order chi connectivity index (χ1) is 17.8. The number of ether oxygens (including phenoxy) is 1. The molecule has 0 saturated heterocycles. The molecular weight excluding hydrogens is 462 g/mol. The van der Waals surface area contributed by atoms with Gasteiger partial charge in [0, 0.05) is 12.0 Å². The monoisotopic (exact) mass is 499 g/mol. The molecular formula is C30H37N5O2. The lowest BCUT2D eigenvalue weighted by molar-refractivity contribution is -0.129. The summed E-state index contributed by atoms with van der Waals surface area (Å²) in [6.07, 6.45) is 5.61. The highest BCUT2D eigenvalue weighted by molar-refractivity contribution is 6.07. The minimum absolute atomic E-state index is 0.176. The average molecular weight is 500 g/mol. The van der Waals surface area contributed by atoms with E-state index in [0.29, 0.717) is 30.5 Å². The number of pyridine rings is 1. The molecule has 0 spiro atoms. The molecule has 5 rings (SSSR count). The van der Waals surface area contributed by atoms with Crippen LogP contribution in [0.4, 0.5) is 5.82 Å². The van der Waals surface area contributed by atoms with Crippen molar-refractivity contribution in [1.29, 1.82) is 0 Å². The topological polar surface area (TPSA) is 109 Å². The molecule has 0 radical (unpaired) electrons. The summed E-state index contributed by atoms with van der Waals surface area (Å²) in [4.78, 5) is 22.6. The number of nitrogen functional groups attached to an aromatic ring is 1. The molecule has 4 aromatic rings. The van der Waals surface area contributed by atoms with Crippen LogP contribution in [0.1, 0.15) is 64.7 Å². The van der Waals surface area contributed by atoms with Crippen molar-refractivity contribution < 1.29 is 9.53 Å². The van der Waals surface area contributed by atoms with Crippen LogP contribution >= 0.6 is 0 Å². The summed E-state index contributed by atoms with van der Waals surface area (Å²) in [6.45, 7) is 6.78. The minimum Gasteiger partial charge on any atom is -0.382 e. The predicted molar refractivity (Wildman–Crippen MR) is 149 cm³/mol. The van der Waals surface area contributed by atoms with Gasteiger partial charge in [-0.1, -0.05) is 61.7 Å². The Morgan fingerprint density at radius 1 is 1.08 bits per heavy atom. The van der Waals surface area contributed by atoms with Gasteiger partial charge in [-0.15, -0.1) is 0 Å². The number of fused-ring (bicyclic) bond motifs is 3. The first-order valence-corrected chi connectivity index (χ1v) is 13.4. The van der Waals surface area contributed by atoms with Crippen LogP contribution in [-0.4, -0.2) is 27.0 Å². The smallest absolute Gasteiger partial charge is 0.225 e. The van der Waals surface area contributed by atoms with Crippen LogP contribution in [0.5, 0.6) is 0 Å². The van der Waals surface area contributed by atoms with E-state index in [0.717, 1.165) is 59.1 Å².